The fraction of sp³-hybridized carbons (Fsp3) is 0.292. The molecule has 2 N–H and O–H groups in total. The molecule has 172 valence electrons. The Morgan fingerprint density at radius 3 is 2.82 bits per heavy atom. The van der Waals surface area contributed by atoms with Crippen LogP contribution in [0.1, 0.15) is 19.3 Å². The molecule has 3 aromatic rings. The molecule has 0 unspecified atom stereocenters. The Morgan fingerprint density at radius 1 is 1.21 bits per heavy atom. The molecular weight excluding hydrogens is 445 g/mol. The quantitative estimate of drug-likeness (QED) is 0.465. The van der Waals surface area contributed by atoms with E-state index in [2.05, 4.69) is 25.5 Å². The molecule has 0 bridgehead atoms. The van der Waals surface area contributed by atoms with Crippen molar-refractivity contribution in [2.75, 3.05) is 37.4 Å². The van der Waals surface area contributed by atoms with Gasteiger partial charge >= 0.3 is 0 Å². The lowest BCUT2D eigenvalue weighted by Crippen LogP contribution is -2.29. The van der Waals surface area contributed by atoms with E-state index in [-0.39, 0.29) is 16.6 Å². The number of likely N-dealkylation sites (tertiary alicyclic amines) is 1. The molecule has 1 aliphatic rings. The van der Waals surface area contributed by atoms with Crippen LogP contribution in [0, 0.1) is 5.82 Å². The fourth-order valence-corrected chi connectivity index (χ4v) is 3.98. The largest absolute Gasteiger partial charge is 0.494 e. The Hall–Kier alpha value is -3.23. The highest BCUT2D eigenvalue weighted by Gasteiger charge is 2.14. The first-order valence-electron chi connectivity index (χ1n) is 10.8. The van der Waals surface area contributed by atoms with Gasteiger partial charge in [-0.05, 0) is 44.1 Å². The van der Waals surface area contributed by atoms with Gasteiger partial charge in [0.2, 0.25) is 5.91 Å². The molecule has 2 aromatic carbocycles. The minimum Gasteiger partial charge on any atom is -0.494 e. The molecule has 1 amide bonds. The van der Waals surface area contributed by atoms with E-state index in [1.54, 1.807) is 24.3 Å². The number of piperidine rings is 1. The summed E-state index contributed by atoms with van der Waals surface area (Å²) in [7, 11) is 1.52. The predicted octanol–water partition coefficient (Wildman–Crippen LogP) is 5.16. The molecular formula is C24H25ClFN5O2. The number of anilines is 3. The number of ether oxygens (including phenoxy) is 1. The van der Waals surface area contributed by atoms with Crippen LogP contribution >= 0.6 is 11.6 Å². The van der Waals surface area contributed by atoms with E-state index < -0.39 is 5.82 Å². The normalized spacial score (nSPS) is 14.5. The van der Waals surface area contributed by atoms with Crippen LogP contribution in [0.2, 0.25) is 5.02 Å². The number of methoxy groups -OCH3 is 1. The summed E-state index contributed by atoms with van der Waals surface area (Å²) in [5, 5.41) is 6.41. The lowest BCUT2D eigenvalue weighted by Gasteiger charge is -2.24. The van der Waals surface area contributed by atoms with Crippen LogP contribution in [0.25, 0.3) is 10.9 Å². The molecule has 2 heterocycles. The Balaban J connectivity index is 1.56. The van der Waals surface area contributed by atoms with Gasteiger partial charge in [-0.3, -0.25) is 9.69 Å². The van der Waals surface area contributed by atoms with E-state index in [1.165, 1.54) is 44.8 Å². The van der Waals surface area contributed by atoms with Crippen LogP contribution in [0.5, 0.6) is 5.75 Å². The molecule has 33 heavy (non-hydrogen) atoms. The number of nitrogens with one attached hydrogen (secondary N) is 2. The van der Waals surface area contributed by atoms with Crippen LogP contribution in [-0.2, 0) is 4.79 Å². The highest BCUT2D eigenvalue weighted by atomic mass is 35.5. The smallest absolute Gasteiger partial charge is 0.248 e. The molecule has 0 radical (unpaired) electrons. The van der Waals surface area contributed by atoms with Gasteiger partial charge in [-0.15, -0.1) is 0 Å². The van der Waals surface area contributed by atoms with Gasteiger partial charge in [-0.1, -0.05) is 30.2 Å². The van der Waals surface area contributed by atoms with Crippen molar-refractivity contribution in [1.82, 2.24) is 14.9 Å². The maximum atomic E-state index is 14.4. The minimum absolute atomic E-state index is 0.00400. The molecule has 0 atom stereocenters. The summed E-state index contributed by atoms with van der Waals surface area (Å²) in [6.07, 6.45) is 8.44. The van der Waals surface area contributed by atoms with Crippen molar-refractivity contribution in [1.29, 1.82) is 0 Å². The van der Waals surface area contributed by atoms with E-state index in [1.807, 2.05) is 6.08 Å². The molecule has 0 spiro atoms. The van der Waals surface area contributed by atoms with Crippen LogP contribution in [0.15, 0.2) is 48.8 Å². The molecule has 4 rings (SSSR count). The molecule has 0 aliphatic carbocycles. The number of nitrogens with zero attached hydrogens (tertiary/aromatic N) is 3. The summed E-state index contributed by atoms with van der Waals surface area (Å²) in [5.74, 6) is -0.0115. The molecule has 7 nitrogen and oxygen atoms in total. The Bertz CT molecular complexity index is 1180. The zero-order valence-corrected chi connectivity index (χ0v) is 19.0. The first-order chi connectivity index (χ1) is 16.0. The highest BCUT2D eigenvalue weighted by molar-refractivity contribution is 6.31. The standard InChI is InChI=1S/C24H25ClFN5O2/c1-33-21-14-19-16(24(28-15-27-19)30-18-8-5-7-17(25)23(18)26)13-20(21)29-22(32)9-6-12-31-10-3-2-4-11-31/h5-9,13-15H,2-4,10-12H2,1H3,(H,29,32)(H,27,28,30)/b9-6+. The van der Waals surface area contributed by atoms with E-state index in [0.717, 1.165) is 19.6 Å². The zero-order valence-electron chi connectivity index (χ0n) is 18.3. The van der Waals surface area contributed by atoms with Crippen molar-refractivity contribution in [2.45, 2.75) is 19.3 Å². The third-order valence-electron chi connectivity index (χ3n) is 5.50. The summed E-state index contributed by atoms with van der Waals surface area (Å²) in [6.45, 7) is 2.87. The van der Waals surface area contributed by atoms with E-state index in [0.29, 0.717) is 28.2 Å². The summed E-state index contributed by atoms with van der Waals surface area (Å²) in [6, 6.07) is 8.08. The zero-order chi connectivity index (χ0) is 23.2. The number of rotatable bonds is 7. The topological polar surface area (TPSA) is 79.4 Å². The van der Waals surface area contributed by atoms with E-state index in [9.17, 15) is 9.18 Å². The summed E-state index contributed by atoms with van der Waals surface area (Å²) >= 11 is 5.89. The number of carbonyl (C=O) groups is 1. The van der Waals surface area contributed by atoms with Crippen molar-refractivity contribution in [3.63, 3.8) is 0 Å². The van der Waals surface area contributed by atoms with Crippen molar-refractivity contribution >= 4 is 45.6 Å². The minimum atomic E-state index is -0.577. The first-order valence-corrected chi connectivity index (χ1v) is 11.2. The van der Waals surface area contributed by atoms with Crippen molar-refractivity contribution in [3.05, 3.63) is 59.7 Å². The third-order valence-corrected chi connectivity index (χ3v) is 5.79. The number of fused-ring (bicyclic) bond motifs is 1. The second-order valence-corrected chi connectivity index (χ2v) is 8.18. The maximum Gasteiger partial charge on any atom is 0.248 e. The Kier molecular flexibility index (Phi) is 7.36. The van der Waals surface area contributed by atoms with Gasteiger partial charge in [0.25, 0.3) is 0 Å². The first kappa shape index (κ1) is 22.9. The molecule has 1 saturated heterocycles. The number of hydrogen-bond acceptors (Lipinski definition) is 6. The summed E-state index contributed by atoms with van der Waals surface area (Å²) in [5.41, 5.74) is 1.22. The van der Waals surface area contributed by atoms with Crippen molar-refractivity contribution in [3.8, 4) is 5.75 Å². The lowest BCUT2D eigenvalue weighted by atomic mass is 10.1. The van der Waals surface area contributed by atoms with Crippen LogP contribution < -0.4 is 15.4 Å². The maximum absolute atomic E-state index is 14.4. The average Bonchev–Trinajstić information content (AvgIpc) is 2.82. The monoisotopic (exact) mass is 469 g/mol. The SMILES string of the molecule is COc1cc2ncnc(Nc3cccc(Cl)c3F)c2cc1NC(=O)/C=C/CN1CCCCC1. The van der Waals surface area contributed by atoms with Gasteiger partial charge in [0.15, 0.2) is 5.82 Å². The van der Waals surface area contributed by atoms with Crippen LogP contribution in [0.4, 0.5) is 21.6 Å². The number of hydrogen-bond donors (Lipinski definition) is 2. The summed E-state index contributed by atoms with van der Waals surface area (Å²) < 4.78 is 19.8. The second kappa shape index (κ2) is 10.6. The van der Waals surface area contributed by atoms with E-state index >= 15 is 0 Å². The molecule has 9 heteroatoms. The molecule has 1 fully saturated rings. The Morgan fingerprint density at radius 2 is 2.03 bits per heavy atom. The van der Waals surface area contributed by atoms with Gasteiger partial charge in [0.1, 0.15) is 17.9 Å². The van der Waals surface area contributed by atoms with E-state index in [4.69, 9.17) is 16.3 Å². The van der Waals surface area contributed by atoms with Gasteiger partial charge < -0.3 is 15.4 Å². The van der Waals surface area contributed by atoms with Crippen molar-refractivity contribution in [2.24, 2.45) is 0 Å². The fourth-order valence-electron chi connectivity index (χ4n) is 3.80. The van der Waals surface area contributed by atoms with Crippen molar-refractivity contribution < 1.29 is 13.9 Å². The van der Waals surface area contributed by atoms with Crippen LogP contribution in [-0.4, -0.2) is 47.5 Å². The number of benzene rings is 2. The highest BCUT2D eigenvalue weighted by Crippen LogP contribution is 2.34. The van der Waals surface area contributed by atoms with Gasteiger partial charge in [-0.2, -0.15) is 0 Å². The number of halogens is 2. The number of aromatic nitrogens is 2. The summed E-state index contributed by atoms with van der Waals surface area (Å²) in [4.78, 5) is 23.4. The predicted molar refractivity (Wildman–Crippen MR) is 129 cm³/mol. The number of amides is 1. The third kappa shape index (κ3) is 5.58. The lowest BCUT2D eigenvalue weighted by molar-refractivity contribution is -0.111. The van der Waals surface area contributed by atoms with Gasteiger partial charge in [0, 0.05) is 24.1 Å². The average molecular weight is 470 g/mol. The molecule has 0 saturated carbocycles. The van der Waals surface area contributed by atoms with Crippen LogP contribution in [0.3, 0.4) is 0 Å². The second-order valence-electron chi connectivity index (χ2n) is 7.77. The molecule has 1 aliphatic heterocycles. The van der Waals surface area contributed by atoms with Gasteiger partial charge in [-0.25, -0.2) is 14.4 Å². The van der Waals surface area contributed by atoms with Gasteiger partial charge in [0.05, 0.1) is 29.0 Å². The number of carbonyl (C=O) groups excluding carboxylic acids is 1. The Labute approximate surface area is 196 Å². The molecule has 1 aromatic heterocycles.